The Morgan fingerprint density at radius 3 is 2.39 bits per heavy atom. The summed E-state index contributed by atoms with van der Waals surface area (Å²) in [5.41, 5.74) is 8.18. The highest BCUT2D eigenvalue weighted by atomic mass is 16.6. The van der Waals surface area contributed by atoms with Crippen LogP contribution in [0.3, 0.4) is 0 Å². The van der Waals surface area contributed by atoms with Crippen molar-refractivity contribution in [3.63, 3.8) is 0 Å². The zero-order valence-corrected chi connectivity index (χ0v) is 16.8. The van der Waals surface area contributed by atoms with Gasteiger partial charge in [0.1, 0.15) is 12.2 Å². The number of nitrogen functional groups attached to an aromatic ring is 1. The largest absolute Gasteiger partial charge is 0.443 e. The third kappa shape index (κ3) is 7.58. The summed E-state index contributed by atoms with van der Waals surface area (Å²) in [5.74, 6) is 0. The summed E-state index contributed by atoms with van der Waals surface area (Å²) >= 11 is 0. The third-order valence-corrected chi connectivity index (χ3v) is 4.17. The molecule has 28 heavy (non-hydrogen) atoms. The van der Waals surface area contributed by atoms with Gasteiger partial charge in [0.25, 0.3) is 0 Å². The van der Waals surface area contributed by atoms with Crippen molar-refractivity contribution < 1.29 is 14.6 Å². The predicted octanol–water partition coefficient (Wildman–Crippen LogP) is 2.86. The zero-order valence-electron chi connectivity index (χ0n) is 16.8. The van der Waals surface area contributed by atoms with Crippen molar-refractivity contribution in [3.05, 3.63) is 65.7 Å². The molecular weight excluding hydrogens is 354 g/mol. The van der Waals surface area contributed by atoms with Crippen LogP contribution < -0.4 is 16.4 Å². The predicted molar refractivity (Wildman–Crippen MR) is 112 cm³/mol. The monoisotopic (exact) mass is 385 g/mol. The van der Waals surface area contributed by atoms with Crippen LogP contribution in [0.2, 0.25) is 0 Å². The second-order valence-electron chi connectivity index (χ2n) is 7.91. The van der Waals surface area contributed by atoms with Gasteiger partial charge in [0, 0.05) is 30.7 Å². The number of carbonyl (C=O) groups excluding carboxylic acids is 1. The van der Waals surface area contributed by atoms with Gasteiger partial charge in [-0.2, -0.15) is 0 Å². The van der Waals surface area contributed by atoms with Crippen LogP contribution in [0, 0.1) is 0 Å². The van der Waals surface area contributed by atoms with Gasteiger partial charge in [0.15, 0.2) is 0 Å². The number of nitrogens with one attached hydrogen (secondary N) is 2. The van der Waals surface area contributed by atoms with E-state index < -0.39 is 23.8 Å². The summed E-state index contributed by atoms with van der Waals surface area (Å²) < 4.78 is 5.55. The van der Waals surface area contributed by atoms with E-state index in [1.807, 2.05) is 75.4 Å². The van der Waals surface area contributed by atoms with Crippen molar-refractivity contribution in [2.45, 2.75) is 51.5 Å². The zero-order chi connectivity index (χ0) is 20.6. The number of hydrogen-bond acceptors (Lipinski definition) is 5. The number of para-hydroxylation sites is 1. The van der Waals surface area contributed by atoms with Crippen molar-refractivity contribution in [1.82, 2.24) is 10.6 Å². The summed E-state index contributed by atoms with van der Waals surface area (Å²) in [5, 5.41) is 16.6. The van der Waals surface area contributed by atoms with E-state index in [0.29, 0.717) is 18.7 Å². The van der Waals surface area contributed by atoms with Gasteiger partial charge < -0.3 is 26.2 Å². The molecule has 1 amide bonds. The summed E-state index contributed by atoms with van der Waals surface area (Å²) in [6, 6.07) is 17.2. The quantitative estimate of drug-likeness (QED) is 0.524. The number of benzene rings is 2. The smallest absolute Gasteiger partial charge is 0.407 e. The van der Waals surface area contributed by atoms with E-state index in [0.717, 1.165) is 11.1 Å². The minimum absolute atomic E-state index is 0.272. The molecule has 0 aromatic heterocycles. The van der Waals surface area contributed by atoms with Gasteiger partial charge >= 0.3 is 6.09 Å². The lowest BCUT2D eigenvalue weighted by Crippen LogP contribution is -2.46. The molecule has 2 aromatic rings. The SMILES string of the molecule is CC(C)(C)NC(=O)OC(Cc1ccccc1)C(O)CNCc1ccccc1N. The summed E-state index contributed by atoms with van der Waals surface area (Å²) in [7, 11) is 0. The number of ether oxygens (including phenoxy) is 1. The first-order chi connectivity index (χ1) is 13.2. The number of amides is 1. The lowest BCUT2D eigenvalue weighted by Gasteiger charge is -2.27. The third-order valence-electron chi connectivity index (χ3n) is 4.17. The van der Waals surface area contributed by atoms with Gasteiger partial charge in [-0.1, -0.05) is 48.5 Å². The minimum atomic E-state index is -0.865. The van der Waals surface area contributed by atoms with Crippen molar-refractivity contribution in [2.75, 3.05) is 12.3 Å². The molecule has 0 fully saturated rings. The number of nitrogens with two attached hydrogens (primary N) is 1. The van der Waals surface area contributed by atoms with E-state index in [1.165, 1.54) is 0 Å². The van der Waals surface area contributed by atoms with Crippen LogP contribution in [-0.2, 0) is 17.7 Å². The topological polar surface area (TPSA) is 96.6 Å². The lowest BCUT2D eigenvalue weighted by atomic mass is 10.0. The highest BCUT2D eigenvalue weighted by Gasteiger charge is 2.25. The number of hydrogen-bond donors (Lipinski definition) is 4. The summed E-state index contributed by atoms with van der Waals surface area (Å²) in [6.07, 6.45) is -1.66. The maximum Gasteiger partial charge on any atom is 0.407 e. The van der Waals surface area contributed by atoms with Crippen molar-refractivity contribution in [2.24, 2.45) is 0 Å². The maximum absolute atomic E-state index is 12.2. The van der Waals surface area contributed by atoms with Crippen LogP contribution in [0.1, 0.15) is 31.9 Å². The van der Waals surface area contributed by atoms with Crippen LogP contribution in [0.4, 0.5) is 10.5 Å². The van der Waals surface area contributed by atoms with E-state index in [9.17, 15) is 9.90 Å². The van der Waals surface area contributed by atoms with Gasteiger partial charge in [0.05, 0.1) is 0 Å². The molecule has 6 heteroatoms. The molecule has 0 heterocycles. The molecule has 0 aliphatic heterocycles. The van der Waals surface area contributed by atoms with E-state index in [-0.39, 0.29) is 6.54 Å². The van der Waals surface area contributed by atoms with Gasteiger partial charge in [-0.15, -0.1) is 0 Å². The van der Waals surface area contributed by atoms with E-state index in [1.54, 1.807) is 0 Å². The summed E-state index contributed by atoms with van der Waals surface area (Å²) in [4.78, 5) is 12.2. The van der Waals surface area contributed by atoms with Crippen molar-refractivity contribution >= 4 is 11.8 Å². The number of aliphatic hydroxyl groups excluding tert-OH is 1. The Balaban J connectivity index is 1.98. The second kappa shape index (κ2) is 10.1. The van der Waals surface area contributed by atoms with Crippen LogP contribution in [0.5, 0.6) is 0 Å². The van der Waals surface area contributed by atoms with Crippen LogP contribution in [0.15, 0.2) is 54.6 Å². The van der Waals surface area contributed by atoms with Crippen LogP contribution in [-0.4, -0.2) is 35.5 Å². The second-order valence-corrected chi connectivity index (χ2v) is 7.91. The highest BCUT2D eigenvalue weighted by molar-refractivity contribution is 5.68. The Kier molecular flexibility index (Phi) is 7.84. The molecule has 2 atom stereocenters. The van der Waals surface area contributed by atoms with E-state index in [2.05, 4.69) is 10.6 Å². The van der Waals surface area contributed by atoms with Crippen LogP contribution in [0.25, 0.3) is 0 Å². The Morgan fingerprint density at radius 2 is 1.75 bits per heavy atom. The van der Waals surface area contributed by atoms with Gasteiger partial charge in [0.2, 0.25) is 0 Å². The standard InChI is InChI=1S/C22H31N3O3/c1-22(2,3)25-21(27)28-20(13-16-9-5-4-6-10-16)19(26)15-24-14-17-11-7-8-12-18(17)23/h4-12,19-20,24,26H,13-15,23H2,1-3H3,(H,25,27). The average Bonchev–Trinajstić information content (AvgIpc) is 2.62. The molecule has 152 valence electrons. The molecule has 2 rings (SSSR count). The lowest BCUT2D eigenvalue weighted by molar-refractivity contribution is 0.00144. The molecule has 5 N–H and O–H groups in total. The molecule has 0 bridgehead atoms. The first-order valence-electron chi connectivity index (χ1n) is 9.49. The molecule has 0 spiro atoms. The number of anilines is 1. The van der Waals surface area contributed by atoms with E-state index >= 15 is 0 Å². The summed E-state index contributed by atoms with van der Waals surface area (Å²) in [6.45, 7) is 6.43. The van der Waals surface area contributed by atoms with Crippen molar-refractivity contribution in [3.8, 4) is 0 Å². The molecule has 6 nitrogen and oxygen atoms in total. The molecule has 0 radical (unpaired) electrons. The first-order valence-corrected chi connectivity index (χ1v) is 9.49. The molecule has 0 saturated heterocycles. The fraction of sp³-hybridized carbons (Fsp3) is 0.409. The highest BCUT2D eigenvalue weighted by Crippen LogP contribution is 2.13. The molecule has 0 aliphatic carbocycles. The molecule has 2 unspecified atom stereocenters. The van der Waals surface area contributed by atoms with Crippen LogP contribution >= 0.6 is 0 Å². The minimum Gasteiger partial charge on any atom is -0.443 e. The number of carbonyl (C=O) groups is 1. The Bertz CT molecular complexity index is 744. The normalized spacial score (nSPS) is 13.6. The first kappa shape index (κ1) is 21.7. The molecule has 0 saturated carbocycles. The molecular formula is C22H31N3O3. The Morgan fingerprint density at radius 1 is 1.11 bits per heavy atom. The average molecular weight is 386 g/mol. The fourth-order valence-corrected chi connectivity index (χ4v) is 2.76. The molecule has 2 aromatic carbocycles. The number of rotatable bonds is 8. The van der Waals surface area contributed by atoms with Gasteiger partial charge in [-0.25, -0.2) is 4.79 Å². The fourth-order valence-electron chi connectivity index (χ4n) is 2.76. The van der Waals surface area contributed by atoms with Gasteiger partial charge in [-0.3, -0.25) is 0 Å². The van der Waals surface area contributed by atoms with E-state index in [4.69, 9.17) is 10.5 Å². The number of aliphatic hydroxyl groups is 1. The number of alkyl carbamates (subject to hydrolysis) is 1. The Hall–Kier alpha value is -2.57. The van der Waals surface area contributed by atoms with Crippen molar-refractivity contribution in [1.29, 1.82) is 0 Å². The molecule has 0 aliphatic rings. The van der Waals surface area contributed by atoms with Gasteiger partial charge in [-0.05, 0) is 38.0 Å². The Labute approximate surface area is 167 Å². The maximum atomic E-state index is 12.2.